The van der Waals surface area contributed by atoms with Gasteiger partial charge in [0.15, 0.2) is 0 Å². The number of ether oxygens (including phenoxy) is 1. The lowest BCUT2D eigenvalue weighted by molar-refractivity contribution is 0.0596. The van der Waals surface area contributed by atoms with Crippen LogP contribution in [0.25, 0.3) is 0 Å². The van der Waals surface area contributed by atoms with Crippen molar-refractivity contribution in [1.82, 2.24) is 9.03 Å². The van der Waals surface area contributed by atoms with Crippen molar-refractivity contribution >= 4 is 16.3 Å². The molecule has 0 aromatic heterocycles. The normalized spacial score (nSPS) is 12.6. The topological polar surface area (TPSA) is 95.9 Å². The highest BCUT2D eigenvalue weighted by Gasteiger charge is 2.28. The quantitative estimate of drug-likeness (QED) is 0.710. The summed E-state index contributed by atoms with van der Waals surface area (Å²) in [5.74, 6) is 0. The van der Waals surface area contributed by atoms with Gasteiger partial charge in [-0.3, -0.25) is 0 Å². The number of aliphatic hydroxyl groups is 1. The molecule has 0 aromatic carbocycles. The summed E-state index contributed by atoms with van der Waals surface area (Å²) in [5.41, 5.74) is -1.18. The standard InChI is InChI=1S/C9H20N2O5S/c1-5-11(7-9(3,4)13)17(14,15)10-8(12)16-6-2/h13H,5-7H2,1-4H3,(H,10,12). The van der Waals surface area contributed by atoms with Gasteiger partial charge >= 0.3 is 16.3 Å². The molecule has 0 spiro atoms. The van der Waals surface area contributed by atoms with Gasteiger partial charge in [0.2, 0.25) is 0 Å². The van der Waals surface area contributed by atoms with Crippen molar-refractivity contribution < 1.29 is 23.1 Å². The molecule has 8 heteroatoms. The Bertz CT molecular complexity index is 347. The van der Waals surface area contributed by atoms with E-state index in [1.54, 1.807) is 18.6 Å². The van der Waals surface area contributed by atoms with Gasteiger partial charge in [0.1, 0.15) is 0 Å². The molecule has 0 heterocycles. The fourth-order valence-electron chi connectivity index (χ4n) is 1.13. The maximum Gasteiger partial charge on any atom is 0.421 e. The van der Waals surface area contributed by atoms with Crippen LogP contribution < -0.4 is 4.72 Å². The van der Waals surface area contributed by atoms with E-state index in [4.69, 9.17) is 0 Å². The van der Waals surface area contributed by atoms with E-state index in [-0.39, 0.29) is 19.7 Å². The minimum absolute atomic E-state index is 0.0823. The number of rotatable bonds is 6. The number of nitrogens with one attached hydrogen (secondary N) is 1. The lowest BCUT2D eigenvalue weighted by Crippen LogP contribution is -2.48. The molecule has 2 N–H and O–H groups in total. The average Bonchev–Trinajstić information content (AvgIpc) is 2.11. The number of hydrogen-bond acceptors (Lipinski definition) is 5. The Kier molecular flexibility index (Phi) is 5.86. The second kappa shape index (κ2) is 6.18. The molecule has 1 amide bonds. The van der Waals surface area contributed by atoms with Crippen molar-refractivity contribution in [2.45, 2.75) is 33.3 Å². The molecule has 0 unspecified atom stereocenters. The summed E-state index contributed by atoms with van der Waals surface area (Å²) < 4.78 is 30.7. The summed E-state index contributed by atoms with van der Waals surface area (Å²) in [6.45, 7) is 6.25. The molecule has 17 heavy (non-hydrogen) atoms. The van der Waals surface area contributed by atoms with E-state index in [9.17, 15) is 18.3 Å². The van der Waals surface area contributed by atoms with Crippen molar-refractivity contribution in [2.75, 3.05) is 19.7 Å². The number of carbonyl (C=O) groups excluding carboxylic acids is 1. The first-order valence-corrected chi connectivity index (χ1v) is 6.73. The van der Waals surface area contributed by atoms with Crippen LogP contribution in [0.3, 0.4) is 0 Å². The molecule has 0 aliphatic carbocycles. The van der Waals surface area contributed by atoms with Gasteiger partial charge in [-0.2, -0.15) is 12.7 Å². The zero-order valence-corrected chi connectivity index (χ0v) is 11.4. The minimum atomic E-state index is -3.98. The third-order valence-electron chi connectivity index (χ3n) is 1.74. The van der Waals surface area contributed by atoms with Crippen LogP contribution in [-0.4, -0.2) is 49.2 Å². The van der Waals surface area contributed by atoms with E-state index in [2.05, 4.69) is 4.74 Å². The Labute approximate surface area is 102 Å². The summed E-state index contributed by atoms with van der Waals surface area (Å²) in [7, 11) is -3.98. The molecule has 0 aromatic rings. The highest BCUT2D eigenvalue weighted by Crippen LogP contribution is 2.08. The van der Waals surface area contributed by atoms with Crippen molar-refractivity contribution in [3.63, 3.8) is 0 Å². The van der Waals surface area contributed by atoms with Gasteiger partial charge in [0.25, 0.3) is 0 Å². The minimum Gasteiger partial charge on any atom is -0.449 e. The van der Waals surface area contributed by atoms with Gasteiger partial charge in [-0.25, -0.2) is 9.52 Å². The van der Waals surface area contributed by atoms with E-state index in [1.165, 1.54) is 13.8 Å². The van der Waals surface area contributed by atoms with Crippen LogP contribution in [0, 0.1) is 0 Å². The summed E-state index contributed by atoms with van der Waals surface area (Å²) in [6.07, 6.45) is -1.03. The number of amides is 1. The van der Waals surface area contributed by atoms with Crippen LogP contribution in [0.4, 0.5) is 4.79 Å². The first-order valence-electron chi connectivity index (χ1n) is 5.29. The lowest BCUT2D eigenvalue weighted by Gasteiger charge is -2.26. The van der Waals surface area contributed by atoms with E-state index in [1.807, 2.05) is 0 Å². The Balaban J connectivity index is 4.71. The molecular weight excluding hydrogens is 248 g/mol. The molecule has 7 nitrogen and oxygen atoms in total. The number of carbonyl (C=O) groups is 1. The molecule has 0 atom stereocenters. The van der Waals surface area contributed by atoms with Crippen LogP contribution in [-0.2, 0) is 14.9 Å². The third kappa shape index (κ3) is 6.44. The molecule has 0 rings (SSSR count). The van der Waals surface area contributed by atoms with E-state index < -0.39 is 21.9 Å². The van der Waals surface area contributed by atoms with E-state index in [0.29, 0.717) is 0 Å². The van der Waals surface area contributed by atoms with Crippen LogP contribution in [0.5, 0.6) is 0 Å². The molecule has 0 saturated carbocycles. The third-order valence-corrected chi connectivity index (χ3v) is 3.24. The summed E-state index contributed by atoms with van der Waals surface area (Å²) in [4.78, 5) is 11.0. The van der Waals surface area contributed by atoms with Crippen molar-refractivity contribution in [1.29, 1.82) is 0 Å². The molecule has 0 saturated heterocycles. The highest BCUT2D eigenvalue weighted by molar-refractivity contribution is 7.87. The highest BCUT2D eigenvalue weighted by atomic mass is 32.2. The Morgan fingerprint density at radius 1 is 1.41 bits per heavy atom. The van der Waals surface area contributed by atoms with Crippen LogP contribution in [0.15, 0.2) is 0 Å². The molecule has 0 bridgehead atoms. The van der Waals surface area contributed by atoms with Crippen molar-refractivity contribution in [3.05, 3.63) is 0 Å². The van der Waals surface area contributed by atoms with Gasteiger partial charge in [-0.15, -0.1) is 0 Å². The molecule has 0 aliphatic rings. The average molecular weight is 268 g/mol. The maximum absolute atomic E-state index is 11.7. The first-order chi connectivity index (χ1) is 7.62. The number of hydrogen-bond donors (Lipinski definition) is 2. The van der Waals surface area contributed by atoms with Gasteiger partial charge in [-0.1, -0.05) is 6.92 Å². The molecule has 0 fully saturated rings. The Hall–Kier alpha value is -0.860. The fraction of sp³-hybridized carbons (Fsp3) is 0.889. The summed E-state index contributed by atoms with van der Waals surface area (Å²) in [5, 5.41) is 9.57. The van der Waals surface area contributed by atoms with Gasteiger partial charge < -0.3 is 9.84 Å². The van der Waals surface area contributed by atoms with Crippen LogP contribution in [0.2, 0.25) is 0 Å². The fourth-order valence-corrected chi connectivity index (χ4v) is 2.35. The van der Waals surface area contributed by atoms with Crippen LogP contribution in [0.1, 0.15) is 27.7 Å². The molecule has 0 radical (unpaired) electrons. The van der Waals surface area contributed by atoms with Crippen LogP contribution >= 0.6 is 0 Å². The van der Waals surface area contributed by atoms with E-state index in [0.717, 1.165) is 4.31 Å². The SMILES string of the molecule is CCOC(=O)NS(=O)(=O)N(CC)CC(C)(C)O. The lowest BCUT2D eigenvalue weighted by atomic mass is 10.1. The summed E-state index contributed by atoms with van der Waals surface area (Å²) >= 11 is 0. The predicted molar refractivity (Wildman–Crippen MR) is 62.6 cm³/mol. The predicted octanol–water partition coefficient (Wildman–Crippen LogP) is 0.0701. The maximum atomic E-state index is 11.7. The number of nitrogens with zero attached hydrogens (tertiary/aromatic N) is 1. The van der Waals surface area contributed by atoms with Gasteiger partial charge in [0, 0.05) is 13.1 Å². The summed E-state index contributed by atoms with van der Waals surface area (Å²) in [6, 6.07) is 0. The van der Waals surface area contributed by atoms with Crippen molar-refractivity contribution in [2.24, 2.45) is 0 Å². The zero-order chi connectivity index (χ0) is 13.7. The molecule has 102 valence electrons. The Morgan fingerprint density at radius 2 is 1.94 bits per heavy atom. The molecule has 0 aliphatic heterocycles. The number of likely N-dealkylation sites (N-methyl/N-ethyl adjacent to an activating group) is 1. The van der Waals surface area contributed by atoms with E-state index >= 15 is 0 Å². The largest absolute Gasteiger partial charge is 0.449 e. The Morgan fingerprint density at radius 3 is 2.29 bits per heavy atom. The first kappa shape index (κ1) is 16.1. The second-order valence-corrected chi connectivity index (χ2v) is 5.74. The monoisotopic (exact) mass is 268 g/mol. The van der Waals surface area contributed by atoms with Gasteiger partial charge in [-0.05, 0) is 20.8 Å². The second-order valence-electron chi connectivity index (χ2n) is 4.07. The zero-order valence-electron chi connectivity index (χ0n) is 10.6. The molecular formula is C9H20N2O5S. The van der Waals surface area contributed by atoms with Crippen molar-refractivity contribution in [3.8, 4) is 0 Å². The smallest absolute Gasteiger partial charge is 0.421 e. The van der Waals surface area contributed by atoms with Gasteiger partial charge in [0.05, 0.1) is 12.2 Å².